The predicted octanol–water partition coefficient (Wildman–Crippen LogP) is 1.17. The summed E-state index contributed by atoms with van der Waals surface area (Å²) >= 11 is 0. The van der Waals surface area contributed by atoms with Crippen LogP contribution in [0.4, 0.5) is 5.69 Å². The molecule has 0 atom stereocenters. The maximum Gasteiger partial charge on any atom is 0.399 e. The molecule has 1 aliphatic heterocycles. The zero-order chi connectivity index (χ0) is 15.5. The summed E-state index contributed by atoms with van der Waals surface area (Å²) in [5.74, 6) is -0.642. The fraction of sp³-hybridized carbons (Fsp3) is 0.429. The maximum absolute atomic E-state index is 11.8. The molecule has 0 spiro atoms. The number of carbonyl (C=O) groups is 1. The molecule has 21 heavy (non-hydrogen) atoms. The van der Waals surface area contributed by atoms with E-state index in [1.54, 1.807) is 0 Å². The lowest BCUT2D eigenvalue weighted by Gasteiger charge is -2.02. The van der Waals surface area contributed by atoms with Crippen LogP contribution >= 0.6 is 0 Å². The molecule has 0 aromatic heterocycles. The Morgan fingerprint density at radius 1 is 1.33 bits per heavy atom. The number of unbranched alkanes of at least 4 members (excludes halogenated alkanes) is 1. The summed E-state index contributed by atoms with van der Waals surface area (Å²) in [7, 11) is -2.59. The zero-order valence-electron chi connectivity index (χ0n) is 11.8. The molecule has 6 nitrogen and oxygen atoms in total. The SMILES string of the molecule is COC(=O)C1=[N+](CCCCS(=O)(=O)O)c2ccccc2C1. The summed E-state index contributed by atoms with van der Waals surface area (Å²) in [4.78, 5) is 11.8. The predicted molar refractivity (Wildman–Crippen MR) is 77.6 cm³/mol. The first kappa shape index (κ1) is 15.7. The molecule has 7 heteroatoms. The van der Waals surface area contributed by atoms with Gasteiger partial charge in [-0.25, -0.2) is 4.79 Å². The van der Waals surface area contributed by atoms with Crippen molar-refractivity contribution in [3.8, 4) is 0 Å². The highest BCUT2D eigenvalue weighted by atomic mass is 32.2. The van der Waals surface area contributed by atoms with E-state index in [4.69, 9.17) is 9.29 Å². The first-order valence-electron chi connectivity index (χ1n) is 6.67. The number of esters is 1. The number of hydrogen-bond acceptors (Lipinski definition) is 4. The van der Waals surface area contributed by atoms with E-state index in [-0.39, 0.29) is 11.7 Å². The Kier molecular flexibility index (Phi) is 4.74. The Labute approximate surface area is 123 Å². The average molecular weight is 312 g/mol. The standard InChI is InChI=1S/C14H17NO5S/c1-20-14(16)13-10-11-6-2-3-7-12(11)15(13)8-4-5-9-21(17,18)19/h2-3,6-7H,4-5,8-10H2,1H3/p+1. The summed E-state index contributed by atoms with van der Waals surface area (Å²) in [6.45, 7) is 0.511. The van der Waals surface area contributed by atoms with Crippen LogP contribution in [0.2, 0.25) is 0 Å². The molecule has 1 aromatic carbocycles. The highest BCUT2D eigenvalue weighted by Gasteiger charge is 2.34. The van der Waals surface area contributed by atoms with E-state index in [9.17, 15) is 13.2 Å². The summed E-state index contributed by atoms with van der Waals surface area (Å²) in [6, 6.07) is 7.68. The number of hydrogen-bond donors (Lipinski definition) is 1. The lowest BCUT2D eigenvalue weighted by molar-refractivity contribution is -0.438. The number of fused-ring (bicyclic) bond motifs is 1. The lowest BCUT2D eigenvalue weighted by atomic mass is 10.1. The van der Waals surface area contributed by atoms with Crippen molar-refractivity contribution < 1.29 is 27.1 Å². The molecule has 0 bridgehead atoms. The number of nitrogens with zero attached hydrogens (tertiary/aromatic N) is 1. The number of benzene rings is 1. The number of ether oxygens (including phenoxy) is 1. The molecule has 2 rings (SSSR count). The van der Waals surface area contributed by atoms with E-state index in [2.05, 4.69) is 0 Å². The third-order valence-corrected chi connectivity index (χ3v) is 4.23. The van der Waals surface area contributed by atoms with Gasteiger partial charge >= 0.3 is 5.97 Å². The van der Waals surface area contributed by atoms with Gasteiger partial charge in [0.25, 0.3) is 15.8 Å². The van der Waals surface area contributed by atoms with Crippen molar-refractivity contribution in [3.63, 3.8) is 0 Å². The van der Waals surface area contributed by atoms with Gasteiger partial charge in [-0.2, -0.15) is 13.0 Å². The van der Waals surface area contributed by atoms with Gasteiger partial charge in [-0.1, -0.05) is 18.2 Å². The molecule has 0 amide bonds. The van der Waals surface area contributed by atoms with Gasteiger partial charge in [0.1, 0.15) is 6.54 Å². The van der Waals surface area contributed by atoms with Crippen molar-refractivity contribution in [1.29, 1.82) is 0 Å². The van der Waals surface area contributed by atoms with E-state index < -0.39 is 10.1 Å². The Bertz CT molecular complexity index is 678. The summed E-state index contributed by atoms with van der Waals surface area (Å²) < 4.78 is 36.8. The highest BCUT2D eigenvalue weighted by Crippen LogP contribution is 2.26. The summed E-state index contributed by atoms with van der Waals surface area (Å²) in [5.41, 5.74) is 2.56. The van der Waals surface area contributed by atoms with Crippen molar-refractivity contribution in [2.45, 2.75) is 19.3 Å². The number of rotatable bonds is 6. The molecular formula is C14H18NO5S+. The van der Waals surface area contributed by atoms with E-state index in [1.165, 1.54) is 7.11 Å². The van der Waals surface area contributed by atoms with Crippen LogP contribution in [0.25, 0.3) is 0 Å². The molecule has 0 unspecified atom stereocenters. The van der Waals surface area contributed by atoms with E-state index in [0.717, 1.165) is 11.3 Å². The van der Waals surface area contributed by atoms with Crippen LogP contribution in [0, 0.1) is 0 Å². The zero-order valence-corrected chi connectivity index (χ0v) is 12.6. The maximum atomic E-state index is 11.8. The van der Waals surface area contributed by atoms with Crippen LogP contribution < -0.4 is 0 Å². The van der Waals surface area contributed by atoms with Gasteiger partial charge in [0.2, 0.25) is 5.69 Å². The summed E-state index contributed by atoms with van der Waals surface area (Å²) in [5, 5.41) is 0. The second-order valence-corrected chi connectivity index (χ2v) is 6.46. The molecule has 1 aromatic rings. The monoisotopic (exact) mass is 312 g/mol. The molecular weight excluding hydrogens is 294 g/mol. The molecule has 1 heterocycles. The van der Waals surface area contributed by atoms with Crippen LogP contribution in [-0.4, -0.2) is 48.6 Å². The fourth-order valence-electron chi connectivity index (χ4n) is 2.45. The molecule has 1 N–H and O–H groups in total. The van der Waals surface area contributed by atoms with Crippen LogP contribution in [0.1, 0.15) is 18.4 Å². The third-order valence-electron chi connectivity index (χ3n) is 3.42. The van der Waals surface area contributed by atoms with Crippen molar-refractivity contribution in [3.05, 3.63) is 29.8 Å². The Morgan fingerprint density at radius 2 is 2.05 bits per heavy atom. The van der Waals surface area contributed by atoms with Crippen LogP contribution in [0.3, 0.4) is 0 Å². The molecule has 0 radical (unpaired) electrons. The summed E-state index contributed by atoms with van der Waals surface area (Å²) in [6.07, 6.45) is 1.40. The van der Waals surface area contributed by atoms with Crippen molar-refractivity contribution in [2.24, 2.45) is 0 Å². The molecule has 114 valence electrons. The van der Waals surface area contributed by atoms with Crippen LogP contribution in [-0.2, 0) is 26.1 Å². The Hall–Kier alpha value is -1.73. The second kappa shape index (κ2) is 6.36. The van der Waals surface area contributed by atoms with Crippen LogP contribution in [0.15, 0.2) is 24.3 Å². The minimum Gasteiger partial charge on any atom is -0.461 e. The molecule has 1 aliphatic rings. The van der Waals surface area contributed by atoms with Crippen molar-refractivity contribution in [1.82, 2.24) is 0 Å². The number of methoxy groups -OCH3 is 1. The number of para-hydroxylation sites is 1. The first-order chi connectivity index (χ1) is 9.92. The number of carbonyl (C=O) groups excluding carboxylic acids is 1. The van der Waals surface area contributed by atoms with Crippen LogP contribution in [0.5, 0.6) is 0 Å². The van der Waals surface area contributed by atoms with Gasteiger partial charge in [-0.15, -0.1) is 0 Å². The average Bonchev–Trinajstić information content (AvgIpc) is 2.80. The largest absolute Gasteiger partial charge is 0.461 e. The van der Waals surface area contributed by atoms with Gasteiger partial charge in [-0.3, -0.25) is 4.55 Å². The topological polar surface area (TPSA) is 83.7 Å². The smallest absolute Gasteiger partial charge is 0.399 e. The van der Waals surface area contributed by atoms with E-state index in [1.807, 2.05) is 28.8 Å². The van der Waals surface area contributed by atoms with E-state index >= 15 is 0 Å². The normalized spacial score (nSPS) is 14.2. The molecule has 0 saturated carbocycles. The minimum absolute atomic E-state index is 0.268. The molecule has 0 fully saturated rings. The third kappa shape index (κ3) is 3.89. The first-order valence-corrected chi connectivity index (χ1v) is 8.28. The molecule has 0 saturated heterocycles. The van der Waals surface area contributed by atoms with Crippen molar-refractivity contribution in [2.75, 3.05) is 19.4 Å². The Morgan fingerprint density at radius 3 is 2.71 bits per heavy atom. The minimum atomic E-state index is -3.93. The van der Waals surface area contributed by atoms with Gasteiger partial charge in [0, 0.05) is 18.1 Å². The Balaban J connectivity index is 2.13. The van der Waals surface area contributed by atoms with Gasteiger partial charge in [0.05, 0.1) is 19.3 Å². The van der Waals surface area contributed by atoms with Crippen molar-refractivity contribution >= 4 is 27.5 Å². The van der Waals surface area contributed by atoms with E-state index in [0.29, 0.717) is 31.5 Å². The quantitative estimate of drug-likeness (QED) is 0.369. The highest BCUT2D eigenvalue weighted by molar-refractivity contribution is 7.85. The second-order valence-electron chi connectivity index (χ2n) is 4.89. The van der Waals surface area contributed by atoms with Gasteiger partial charge in [0.15, 0.2) is 0 Å². The van der Waals surface area contributed by atoms with Gasteiger partial charge in [-0.05, 0) is 6.42 Å². The molecule has 0 aliphatic carbocycles. The fourth-order valence-corrected chi connectivity index (χ4v) is 3.02. The lowest BCUT2D eigenvalue weighted by Crippen LogP contribution is -2.25. The van der Waals surface area contributed by atoms with Gasteiger partial charge < -0.3 is 4.74 Å².